The van der Waals surface area contributed by atoms with Crippen molar-refractivity contribution in [3.05, 3.63) is 23.5 Å². The van der Waals surface area contributed by atoms with Crippen LogP contribution in [0.15, 0.2) is 12.1 Å². The first kappa shape index (κ1) is 21.9. The zero-order valence-electron chi connectivity index (χ0n) is 16.9. The molecular formula is C20H31N3O5. The minimum absolute atomic E-state index is 0.154. The third kappa shape index (κ3) is 7.34. The first-order chi connectivity index (χ1) is 13.1. The Balaban J connectivity index is 1.65. The minimum Gasteiger partial charge on any atom is -0.505 e. The lowest BCUT2D eigenvalue weighted by atomic mass is 10.0. The van der Waals surface area contributed by atoms with Crippen LogP contribution in [0.3, 0.4) is 0 Å². The number of aryl methyl sites for hydroxylation is 1. The number of aromatic hydroxyl groups is 1. The molecule has 1 amide bonds. The Kier molecular flexibility index (Phi) is 7.62. The standard InChI is InChI=1S/C20H31N3O5/c1-20(2,3)28-19(27)22-15-9-12-23(13-10-15)11-5-4-6-14-7-8-16(24)17(21-14)18(25)26/h7-8,15,24H,4-6,9-13H2,1-3H3,(H,22,27)(H,25,26). The molecule has 1 aliphatic rings. The summed E-state index contributed by atoms with van der Waals surface area (Å²) < 4.78 is 5.30. The highest BCUT2D eigenvalue weighted by Crippen LogP contribution is 2.17. The van der Waals surface area contributed by atoms with Crippen LogP contribution < -0.4 is 5.32 Å². The van der Waals surface area contributed by atoms with Crippen LogP contribution >= 0.6 is 0 Å². The predicted octanol–water partition coefficient (Wildman–Crippen LogP) is 2.80. The fourth-order valence-electron chi connectivity index (χ4n) is 3.21. The molecule has 1 aromatic heterocycles. The molecule has 0 aromatic carbocycles. The van der Waals surface area contributed by atoms with Crippen LogP contribution in [0.5, 0.6) is 5.75 Å². The Hall–Kier alpha value is -2.35. The molecule has 0 saturated carbocycles. The summed E-state index contributed by atoms with van der Waals surface area (Å²) in [6.07, 6.45) is 4.01. The number of carbonyl (C=O) groups excluding carboxylic acids is 1. The van der Waals surface area contributed by atoms with Gasteiger partial charge in [0, 0.05) is 24.8 Å². The predicted molar refractivity (Wildman–Crippen MR) is 105 cm³/mol. The number of carboxylic acids is 1. The van der Waals surface area contributed by atoms with Crippen LogP contribution in [-0.4, -0.2) is 63.4 Å². The number of piperidine rings is 1. The first-order valence-electron chi connectivity index (χ1n) is 9.78. The lowest BCUT2D eigenvalue weighted by Crippen LogP contribution is -2.46. The number of ether oxygens (including phenoxy) is 1. The molecule has 3 N–H and O–H groups in total. The van der Waals surface area contributed by atoms with E-state index in [-0.39, 0.29) is 23.6 Å². The summed E-state index contributed by atoms with van der Waals surface area (Å²) in [5.41, 5.74) is -0.102. The van der Waals surface area contributed by atoms with Gasteiger partial charge in [-0.3, -0.25) is 0 Å². The summed E-state index contributed by atoms with van der Waals surface area (Å²) in [7, 11) is 0. The quantitative estimate of drug-likeness (QED) is 0.611. The van der Waals surface area contributed by atoms with Crippen molar-refractivity contribution in [2.24, 2.45) is 0 Å². The number of unbranched alkanes of at least 4 members (excludes halogenated alkanes) is 1. The summed E-state index contributed by atoms with van der Waals surface area (Å²) in [4.78, 5) is 29.2. The number of aromatic nitrogens is 1. The third-order valence-corrected chi connectivity index (χ3v) is 4.60. The number of rotatable bonds is 7. The van der Waals surface area contributed by atoms with Crippen LogP contribution in [0.4, 0.5) is 4.79 Å². The molecule has 2 rings (SSSR count). The van der Waals surface area contributed by atoms with Crippen molar-refractivity contribution < 1.29 is 24.5 Å². The SMILES string of the molecule is CC(C)(C)OC(=O)NC1CCN(CCCCc2ccc(O)c(C(=O)O)n2)CC1. The van der Waals surface area contributed by atoms with Crippen molar-refractivity contribution in [3.8, 4) is 5.75 Å². The molecule has 1 saturated heterocycles. The van der Waals surface area contributed by atoms with Crippen LogP contribution in [0.25, 0.3) is 0 Å². The third-order valence-electron chi connectivity index (χ3n) is 4.60. The molecule has 0 aliphatic carbocycles. The van der Waals surface area contributed by atoms with E-state index in [1.165, 1.54) is 6.07 Å². The van der Waals surface area contributed by atoms with Crippen molar-refractivity contribution in [1.82, 2.24) is 15.2 Å². The highest BCUT2D eigenvalue weighted by molar-refractivity contribution is 5.88. The van der Waals surface area contributed by atoms with Crippen molar-refractivity contribution in [3.63, 3.8) is 0 Å². The Bertz CT molecular complexity index is 679. The number of pyridine rings is 1. The molecule has 0 unspecified atom stereocenters. The second kappa shape index (κ2) is 9.73. The van der Waals surface area contributed by atoms with Gasteiger partial charge < -0.3 is 25.2 Å². The van der Waals surface area contributed by atoms with Gasteiger partial charge in [0.2, 0.25) is 0 Å². The van der Waals surface area contributed by atoms with E-state index in [1.807, 2.05) is 20.8 Å². The molecule has 156 valence electrons. The monoisotopic (exact) mass is 393 g/mol. The van der Waals surface area contributed by atoms with Crippen molar-refractivity contribution >= 4 is 12.1 Å². The highest BCUT2D eigenvalue weighted by Gasteiger charge is 2.23. The van der Waals surface area contributed by atoms with E-state index in [1.54, 1.807) is 6.07 Å². The number of nitrogens with zero attached hydrogens (tertiary/aromatic N) is 2. The Morgan fingerprint density at radius 2 is 1.93 bits per heavy atom. The molecule has 8 nitrogen and oxygen atoms in total. The van der Waals surface area contributed by atoms with Gasteiger partial charge >= 0.3 is 12.1 Å². The number of carbonyl (C=O) groups is 2. The molecule has 0 atom stereocenters. The minimum atomic E-state index is -1.22. The van der Waals surface area contributed by atoms with Crippen LogP contribution in [0.1, 0.15) is 62.6 Å². The first-order valence-corrected chi connectivity index (χ1v) is 9.78. The number of alkyl carbamates (subject to hydrolysis) is 1. The summed E-state index contributed by atoms with van der Waals surface area (Å²) in [5, 5.41) is 21.4. The van der Waals surface area contributed by atoms with Crippen molar-refractivity contribution in [2.75, 3.05) is 19.6 Å². The van der Waals surface area contributed by atoms with E-state index in [4.69, 9.17) is 9.84 Å². The summed E-state index contributed by atoms with van der Waals surface area (Å²) >= 11 is 0. The van der Waals surface area contributed by atoms with Crippen LogP contribution in [0, 0.1) is 0 Å². The zero-order valence-corrected chi connectivity index (χ0v) is 16.9. The average molecular weight is 393 g/mol. The number of hydrogen-bond acceptors (Lipinski definition) is 6. The number of amides is 1. The van der Waals surface area contributed by atoms with Gasteiger partial charge in [0.1, 0.15) is 11.4 Å². The van der Waals surface area contributed by atoms with E-state index in [9.17, 15) is 14.7 Å². The summed E-state index contributed by atoms with van der Waals surface area (Å²) in [5.74, 6) is -1.53. The van der Waals surface area contributed by atoms with Gasteiger partial charge in [-0.15, -0.1) is 0 Å². The van der Waals surface area contributed by atoms with Gasteiger partial charge in [0.15, 0.2) is 5.69 Å². The molecule has 8 heteroatoms. The van der Waals surface area contributed by atoms with Gasteiger partial charge in [-0.05, 0) is 71.6 Å². The second-order valence-electron chi connectivity index (χ2n) is 8.19. The van der Waals surface area contributed by atoms with Crippen LogP contribution in [0.2, 0.25) is 0 Å². The molecule has 1 fully saturated rings. The molecule has 2 heterocycles. The lowest BCUT2D eigenvalue weighted by molar-refractivity contribution is 0.0478. The normalized spacial score (nSPS) is 16.0. The Morgan fingerprint density at radius 3 is 2.54 bits per heavy atom. The molecule has 28 heavy (non-hydrogen) atoms. The van der Waals surface area contributed by atoms with E-state index in [0.29, 0.717) is 12.1 Å². The number of nitrogens with one attached hydrogen (secondary N) is 1. The summed E-state index contributed by atoms with van der Waals surface area (Å²) in [6, 6.07) is 3.20. The molecule has 0 spiro atoms. The Morgan fingerprint density at radius 1 is 1.25 bits per heavy atom. The maximum absolute atomic E-state index is 11.8. The highest BCUT2D eigenvalue weighted by atomic mass is 16.6. The number of carboxylic acid groups (broad SMARTS) is 1. The second-order valence-corrected chi connectivity index (χ2v) is 8.19. The fourth-order valence-corrected chi connectivity index (χ4v) is 3.21. The van der Waals surface area contributed by atoms with E-state index >= 15 is 0 Å². The smallest absolute Gasteiger partial charge is 0.407 e. The Labute approximate surface area is 165 Å². The molecule has 0 radical (unpaired) electrons. The topological polar surface area (TPSA) is 112 Å². The molecule has 1 aliphatic heterocycles. The van der Waals surface area contributed by atoms with Crippen molar-refractivity contribution in [2.45, 2.75) is 64.5 Å². The maximum atomic E-state index is 11.8. The fraction of sp³-hybridized carbons (Fsp3) is 0.650. The van der Waals surface area contributed by atoms with Crippen LogP contribution in [-0.2, 0) is 11.2 Å². The van der Waals surface area contributed by atoms with Gasteiger partial charge in [0.05, 0.1) is 0 Å². The molecule has 0 bridgehead atoms. The lowest BCUT2D eigenvalue weighted by Gasteiger charge is -2.32. The number of likely N-dealkylation sites (tertiary alicyclic amines) is 1. The van der Waals surface area contributed by atoms with E-state index < -0.39 is 11.6 Å². The zero-order chi connectivity index (χ0) is 20.7. The molecule has 1 aromatic rings. The van der Waals surface area contributed by atoms with Gasteiger partial charge in [-0.1, -0.05) is 0 Å². The van der Waals surface area contributed by atoms with Gasteiger partial charge in [-0.25, -0.2) is 14.6 Å². The summed E-state index contributed by atoms with van der Waals surface area (Å²) in [6.45, 7) is 8.38. The van der Waals surface area contributed by atoms with E-state index in [2.05, 4.69) is 15.2 Å². The largest absolute Gasteiger partial charge is 0.505 e. The number of hydrogen-bond donors (Lipinski definition) is 3. The average Bonchev–Trinajstić information content (AvgIpc) is 2.59. The van der Waals surface area contributed by atoms with E-state index in [0.717, 1.165) is 45.3 Å². The number of aromatic carboxylic acids is 1. The molecular weight excluding hydrogens is 362 g/mol. The van der Waals surface area contributed by atoms with Gasteiger partial charge in [0.25, 0.3) is 0 Å². The van der Waals surface area contributed by atoms with Gasteiger partial charge in [-0.2, -0.15) is 0 Å². The maximum Gasteiger partial charge on any atom is 0.407 e. The van der Waals surface area contributed by atoms with Crippen molar-refractivity contribution in [1.29, 1.82) is 0 Å².